The Bertz CT molecular complexity index is 735. The molecule has 94 valence electrons. The molecule has 3 nitrogen and oxygen atoms in total. The van der Waals surface area contributed by atoms with Crippen molar-refractivity contribution < 1.29 is 0 Å². The quantitative estimate of drug-likeness (QED) is 0.662. The van der Waals surface area contributed by atoms with Crippen molar-refractivity contribution in [3.05, 3.63) is 53.7 Å². The molecule has 0 bridgehead atoms. The molecule has 3 rings (SSSR count). The highest BCUT2D eigenvalue weighted by atomic mass is 35.5. The third kappa shape index (κ3) is 2.06. The maximum absolute atomic E-state index is 6.16. The second-order valence-corrected chi connectivity index (χ2v) is 4.61. The first-order valence-electron chi connectivity index (χ1n) is 6.13. The van der Waals surface area contributed by atoms with Crippen molar-refractivity contribution >= 4 is 22.4 Å². The molecule has 0 aliphatic carbocycles. The van der Waals surface area contributed by atoms with Crippen molar-refractivity contribution in [2.24, 2.45) is 0 Å². The van der Waals surface area contributed by atoms with E-state index in [9.17, 15) is 0 Å². The van der Waals surface area contributed by atoms with Crippen molar-refractivity contribution in [1.82, 2.24) is 15.0 Å². The summed E-state index contributed by atoms with van der Waals surface area (Å²) >= 11 is 6.16. The summed E-state index contributed by atoms with van der Waals surface area (Å²) in [5.74, 6) is 0. The first kappa shape index (κ1) is 12.1. The van der Waals surface area contributed by atoms with Crippen LogP contribution < -0.4 is 0 Å². The summed E-state index contributed by atoms with van der Waals surface area (Å²) < 4.78 is 0. The lowest BCUT2D eigenvalue weighted by Gasteiger charge is -2.10. The molecule has 2 heterocycles. The normalized spacial score (nSPS) is 10.8. The molecule has 0 saturated heterocycles. The van der Waals surface area contributed by atoms with Gasteiger partial charge in [-0.2, -0.15) is 0 Å². The van der Waals surface area contributed by atoms with Gasteiger partial charge in [-0.3, -0.25) is 4.98 Å². The third-order valence-corrected chi connectivity index (χ3v) is 3.50. The zero-order valence-electron chi connectivity index (χ0n) is 10.5. The van der Waals surface area contributed by atoms with Crippen molar-refractivity contribution in [1.29, 1.82) is 0 Å². The van der Waals surface area contributed by atoms with Crippen LogP contribution in [-0.4, -0.2) is 15.0 Å². The van der Waals surface area contributed by atoms with Gasteiger partial charge in [0.2, 0.25) is 0 Å². The molecule has 0 radical (unpaired) electrons. The van der Waals surface area contributed by atoms with E-state index in [1.54, 1.807) is 0 Å². The molecule has 0 N–H and O–H groups in total. The fourth-order valence-corrected chi connectivity index (χ4v) is 2.51. The highest BCUT2D eigenvalue weighted by Crippen LogP contribution is 2.30. The van der Waals surface area contributed by atoms with Gasteiger partial charge in [-0.25, -0.2) is 9.97 Å². The van der Waals surface area contributed by atoms with Crippen LogP contribution in [0.4, 0.5) is 0 Å². The Balaban J connectivity index is 2.34. The van der Waals surface area contributed by atoms with Gasteiger partial charge in [0, 0.05) is 28.9 Å². The fraction of sp³-hybridized carbons (Fsp3) is 0.133. The summed E-state index contributed by atoms with van der Waals surface area (Å²) in [7, 11) is 0. The molecule has 19 heavy (non-hydrogen) atoms. The van der Waals surface area contributed by atoms with Crippen molar-refractivity contribution in [2.45, 2.75) is 13.3 Å². The minimum absolute atomic E-state index is 0.514. The molecule has 0 amide bonds. The second kappa shape index (κ2) is 4.94. The predicted molar refractivity (Wildman–Crippen MR) is 77.2 cm³/mol. The van der Waals surface area contributed by atoms with E-state index in [1.807, 2.05) is 37.5 Å². The predicted octanol–water partition coefficient (Wildman–Crippen LogP) is 3.91. The number of aromatic nitrogens is 3. The van der Waals surface area contributed by atoms with Gasteiger partial charge in [0.05, 0.1) is 5.69 Å². The van der Waals surface area contributed by atoms with Crippen LogP contribution in [0.15, 0.2) is 43.0 Å². The van der Waals surface area contributed by atoms with E-state index in [2.05, 4.69) is 21.0 Å². The first-order chi connectivity index (χ1) is 9.31. The van der Waals surface area contributed by atoms with E-state index in [4.69, 9.17) is 11.6 Å². The first-order valence-corrected chi connectivity index (χ1v) is 6.51. The van der Waals surface area contributed by atoms with Crippen molar-refractivity contribution in [3.63, 3.8) is 0 Å². The Hall–Kier alpha value is -2.00. The van der Waals surface area contributed by atoms with Crippen LogP contribution in [-0.2, 0) is 6.42 Å². The second-order valence-electron chi connectivity index (χ2n) is 4.25. The number of benzene rings is 1. The van der Waals surface area contributed by atoms with Gasteiger partial charge in [-0.15, -0.1) is 0 Å². The standard InChI is InChI=1S/C15H12ClN3/c1-2-11-14(18-9-19-15(11)16)13-8-17-7-10-5-3-4-6-12(10)13/h3-9H,2H2,1H3. The number of pyridine rings is 1. The maximum atomic E-state index is 6.16. The molecule has 4 heteroatoms. The molecular weight excluding hydrogens is 258 g/mol. The van der Waals surface area contributed by atoms with E-state index < -0.39 is 0 Å². The minimum atomic E-state index is 0.514. The monoisotopic (exact) mass is 269 g/mol. The van der Waals surface area contributed by atoms with Gasteiger partial charge in [-0.1, -0.05) is 42.8 Å². The molecule has 0 fully saturated rings. The SMILES string of the molecule is CCc1c(Cl)ncnc1-c1cncc2ccccc12. The summed E-state index contributed by atoms with van der Waals surface area (Å²) in [6.45, 7) is 2.05. The Kier molecular flexibility index (Phi) is 3.13. The fourth-order valence-electron chi connectivity index (χ4n) is 2.24. The van der Waals surface area contributed by atoms with Crippen LogP contribution in [0.25, 0.3) is 22.0 Å². The summed E-state index contributed by atoms with van der Waals surface area (Å²) in [6.07, 6.45) is 5.98. The smallest absolute Gasteiger partial charge is 0.136 e. The van der Waals surface area contributed by atoms with Crippen molar-refractivity contribution in [3.8, 4) is 11.3 Å². The average molecular weight is 270 g/mol. The number of fused-ring (bicyclic) bond motifs is 1. The maximum Gasteiger partial charge on any atom is 0.136 e. The van der Waals surface area contributed by atoms with Crippen LogP contribution >= 0.6 is 11.6 Å². The molecule has 0 aliphatic heterocycles. The lowest BCUT2D eigenvalue weighted by atomic mass is 10.0. The molecule has 0 saturated carbocycles. The largest absolute Gasteiger partial charge is 0.263 e. The lowest BCUT2D eigenvalue weighted by molar-refractivity contribution is 1.05. The summed E-state index contributed by atoms with van der Waals surface area (Å²) in [5, 5.41) is 2.74. The van der Waals surface area contributed by atoms with E-state index in [1.165, 1.54) is 6.33 Å². The molecule has 3 aromatic rings. The van der Waals surface area contributed by atoms with Crippen LogP contribution in [0.3, 0.4) is 0 Å². The van der Waals surface area contributed by atoms with Crippen LogP contribution in [0.2, 0.25) is 5.15 Å². The number of hydrogen-bond donors (Lipinski definition) is 0. The summed E-state index contributed by atoms with van der Waals surface area (Å²) in [5.41, 5.74) is 2.83. The highest BCUT2D eigenvalue weighted by molar-refractivity contribution is 6.30. The average Bonchev–Trinajstić information content (AvgIpc) is 2.46. The van der Waals surface area contributed by atoms with E-state index in [-0.39, 0.29) is 0 Å². The molecule has 0 atom stereocenters. The Morgan fingerprint density at radius 1 is 1.11 bits per heavy atom. The molecule has 1 aromatic carbocycles. The third-order valence-electron chi connectivity index (χ3n) is 3.17. The highest BCUT2D eigenvalue weighted by Gasteiger charge is 2.12. The van der Waals surface area contributed by atoms with E-state index in [0.717, 1.165) is 34.0 Å². The molecule has 0 unspecified atom stereocenters. The van der Waals surface area contributed by atoms with Crippen LogP contribution in [0, 0.1) is 0 Å². The van der Waals surface area contributed by atoms with Gasteiger partial charge >= 0.3 is 0 Å². The van der Waals surface area contributed by atoms with Gasteiger partial charge in [0.1, 0.15) is 11.5 Å². The molecule has 0 spiro atoms. The minimum Gasteiger partial charge on any atom is -0.263 e. The number of hydrogen-bond acceptors (Lipinski definition) is 3. The molecule has 0 aliphatic rings. The topological polar surface area (TPSA) is 38.7 Å². The van der Waals surface area contributed by atoms with E-state index in [0.29, 0.717) is 5.15 Å². The lowest BCUT2D eigenvalue weighted by Crippen LogP contribution is -1.96. The summed E-state index contributed by atoms with van der Waals surface area (Å²) in [6, 6.07) is 8.13. The van der Waals surface area contributed by atoms with Crippen LogP contribution in [0.1, 0.15) is 12.5 Å². The summed E-state index contributed by atoms with van der Waals surface area (Å²) in [4.78, 5) is 12.7. The van der Waals surface area contributed by atoms with Crippen LogP contribution in [0.5, 0.6) is 0 Å². The van der Waals surface area contributed by atoms with Gasteiger partial charge in [-0.05, 0) is 11.8 Å². The van der Waals surface area contributed by atoms with E-state index >= 15 is 0 Å². The van der Waals surface area contributed by atoms with Crippen molar-refractivity contribution in [2.75, 3.05) is 0 Å². The Labute approximate surface area is 116 Å². The Morgan fingerprint density at radius 2 is 1.95 bits per heavy atom. The molecular formula is C15H12ClN3. The number of halogens is 1. The zero-order chi connectivity index (χ0) is 13.2. The number of nitrogens with zero attached hydrogens (tertiary/aromatic N) is 3. The van der Waals surface area contributed by atoms with Gasteiger partial charge in [0.15, 0.2) is 0 Å². The van der Waals surface area contributed by atoms with Gasteiger partial charge < -0.3 is 0 Å². The molecule has 2 aromatic heterocycles. The van der Waals surface area contributed by atoms with Gasteiger partial charge in [0.25, 0.3) is 0 Å². The number of rotatable bonds is 2. The Morgan fingerprint density at radius 3 is 2.79 bits per heavy atom. The zero-order valence-corrected chi connectivity index (χ0v) is 11.2.